The van der Waals surface area contributed by atoms with E-state index >= 15 is 0 Å². The van der Waals surface area contributed by atoms with Crippen molar-refractivity contribution in [3.05, 3.63) is 10.6 Å². The normalized spacial score (nSPS) is 19.6. The fourth-order valence-electron chi connectivity index (χ4n) is 2.82. The van der Waals surface area contributed by atoms with Crippen LogP contribution in [0, 0.1) is 12.3 Å². The van der Waals surface area contributed by atoms with Gasteiger partial charge in [0.05, 0.1) is 5.69 Å². The van der Waals surface area contributed by atoms with Crippen LogP contribution in [0.5, 0.6) is 0 Å². The molecule has 0 atom stereocenters. The molecule has 1 aromatic rings. The van der Waals surface area contributed by atoms with Crippen LogP contribution in [0.3, 0.4) is 0 Å². The van der Waals surface area contributed by atoms with Crippen molar-refractivity contribution in [1.29, 1.82) is 0 Å². The van der Waals surface area contributed by atoms with E-state index < -0.39 is 0 Å². The summed E-state index contributed by atoms with van der Waals surface area (Å²) in [6.07, 6.45) is 5.25. The highest BCUT2D eigenvalue weighted by molar-refractivity contribution is 7.15. The third-order valence-corrected chi connectivity index (χ3v) is 5.62. The van der Waals surface area contributed by atoms with E-state index in [0.717, 1.165) is 6.54 Å². The lowest BCUT2D eigenvalue weighted by Gasteiger charge is -2.38. The van der Waals surface area contributed by atoms with Crippen molar-refractivity contribution in [2.45, 2.75) is 59.0 Å². The SMILES string of the molecule is CNCc1sc(N(C)C2CCC(C)(C)CC2)nc1C. The topological polar surface area (TPSA) is 28.2 Å². The molecule has 0 saturated heterocycles. The predicted octanol–water partition coefficient (Wildman–Crippen LogP) is 3.58. The molecule has 0 aliphatic heterocycles. The fourth-order valence-corrected chi connectivity index (χ4v) is 3.92. The number of rotatable bonds is 4. The molecule has 0 amide bonds. The van der Waals surface area contributed by atoms with E-state index in [1.54, 1.807) is 0 Å². The first-order chi connectivity index (χ1) is 8.93. The van der Waals surface area contributed by atoms with Gasteiger partial charge in [0.2, 0.25) is 0 Å². The molecule has 1 fully saturated rings. The van der Waals surface area contributed by atoms with Gasteiger partial charge < -0.3 is 10.2 Å². The van der Waals surface area contributed by atoms with Gasteiger partial charge in [-0.2, -0.15) is 0 Å². The highest BCUT2D eigenvalue weighted by Crippen LogP contribution is 2.38. The molecule has 0 spiro atoms. The lowest BCUT2D eigenvalue weighted by Crippen LogP contribution is -2.37. The van der Waals surface area contributed by atoms with Crippen LogP contribution in [0.4, 0.5) is 5.13 Å². The van der Waals surface area contributed by atoms with Crippen molar-refractivity contribution < 1.29 is 0 Å². The molecular weight excluding hydrogens is 254 g/mol. The smallest absolute Gasteiger partial charge is 0.185 e. The van der Waals surface area contributed by atoms with Gasteiger partial charge in [0, 0.05) is 24.5 Å². The number of nitrogens with one attached hydrogen (secondary N) is 1. The number of nitrogens with zero attached hydrogens (tertiary/aromatic N) is 2. The summed E-state index contributed by atoms with van der Waals surface area (Å²) in [4.78, 5) is 8.52. The average Bonchev–Trinajstić information content (AvgIpc) is 2.71. The Morgan fingerprint density at radius 2 is 2.00 bits per heavy atom. The number of thiazole rings is 1. The molecular formula is C15H27N3S. The summed E-state index contributed by atoms with van der Waals surface area (Å²) in [5.41, 5.74) is 1.71. The third-order valence-electron chi connectivity index (χ3n) is 4.38. The maximum atomic E-state index is 4.75. The fraction of sp³-hybridized carbons (Fsp3) is 0.800. The Morgan fingerprint density at radius 1 is 1.37 bits per heavy atom. The highest BCUT2D eigenvalue weighted by Gasteiger charge is 2.29. The van der Waals surface area contributed by atoms with Crippen LogP contribution in [0.15, 0.2) is 0 Å². The van der Waals surface area contributed by atoms with Crippen LogP contribution in [0.1, 0.15) is 50.1 Å². The van der Waals surface area contributed by atoms with Gasteiger partial charge in [-0.05, 0) is 45.1 Å². The number of anilines is 1. The van der Waals surface area contributed by atoms with Crippen LogP contribution in [-0.4, -0.2) is 25.1 Å². The zero-order valence-corrected chi connectivity index (χ0v) is 13.7. The highest BCUT2D eigenvalue weighted by atomic mass is 32.1. The standard InChI is InChI=1S/C15H27N3S/c1-11-13(10-16-4)19-14(17-11)18(5)12-6-8-15(2,3)9-7-12/h12,16H,6-10H2,1-5H3. The van der Waals surface area contributed by atoms with Crippen LogP contribution in [0.2, 0.25) is 0 Å². The molecule has 3 nitrogen and oxygen atoms in total. The molecule has 2 rings (SSSR count). The lowest BCUT2D eigenvalue weighted by molar-refractivity contribution is 0.222. The van der Waals surface area contributed by atoms with E-state index in [2.05, 4.69) is 38.0 Å². The first kappa shape index (κ1) is 14.8. The quantitative estimate of drug-likeness (QED) is 0.914. The Kier molecular flexibility index (Phi) is 4.51. The van der Waals surface area contributed by atoms with Gasteiger partial charge in [-0.25, -0.2) is 4.98 Å². The second kappa shape index (κ2) is 5.80. The third kappa shape index (κ3) is 3.48. The van der Waals surface area contributed by atoms with E-state index in [0.29, 0.717) is 11.5 Å². The van der Waals surface area contributed by atoms with E-state index in [1.165, 1.54) is 41.4 Å². The van der Waals surface area contributed by atoms with Gasteiger partial charge in [-0.1, -0.05) is 13.8 Å². The molecule has 0 unspecified atom stereocenters. The van der Waals surface area contributed by atoms with Crippen LogP contribution in [-0.2, 0) is 6.54 Å². The summed E-state index contributed by atoms with van der Waals surface area (Å²) < 4.78 is 0. The maximum Gasteiger partial charge on any atom is 0.185 e. The van der Waals surface area contributed by atoms with E-state index in [-0.39, 0.29) is 0 Å². The zero-order valence-electron chi connectivity index (χ0n) is 12.9. The van der Waals surface area contributed by atoms with Crippen molar-refractivity contribution in [3.8, 4) is 0 Å². The predicted molar refractivity (Wildman–Crippen MR) is 84.1 cm³/mol. The summed E-state index contributed by atoms with van der Waals surface area (Å²) in [7, 11) is 4.20. The molecule has 4 heteroatoms. The molecule has 0 aromatic carbocycles. The van der Waals surface area contributed by atoms with Gasteiger partial charge in [-0.3, -0.25) is 0 Å². The van der Waals surface area contributed by atoms with Crippen molar-refractivity contribution >= 4 is 16.5 Å². The zero-order chi connectivity index (χ0) is 14.0. The monoisotopic (exact) mass is 281 g/mol. The number of aromatic nitrogens is 1. The molecule has 0 radical (unpaired) electrons. The Balaban J connectivity index is 2.03. The molecule has 1 N–H and O–H groups in total. The average molecular weight is 281 g/mol. The van der Waals surface area contributed by atoms with Gasteiger partial charge in [0.1, 0.15) is 0 Å². The summed E-state index contributed by atoms with van der Waals surface area (Å²) in [6.45, 7) is 7.82. The second-order valence-electron chi connectivity index (χ2n) is 6.54. The van der Waals surface area contributed by atoms with Crippen molar-refractivity contribution in [2.24, 2.45) is 5.41 Å². The maximum absolute atomic E-state index is 4.75. The Morgan fingerprint density at radius 3 is 2.58 bits per heavy atom. The number of aryl methyl sites for hydroxylation is 1. The van der Waals surface area contributed by atoms with Crippen molar-refractivity contribution in [2.75, 3.05) is 19.0 Å². The first-order valence-electron chi connectivity index (χ1n) is 7.27. The first-order valence-corrected chi connectivity index (χ1v) is 8.08. The molecule has 1 aromatic heterocycles. The van der Waals surface area contributed by atoms with Crippen LogP contribution < -0.4 is 10.2 Å². The summed E-state index contributed by atoms with van der Waals surface area (Å²) >= 11 is 1.84. The summed E-state index contributed by atoms with van der Waals surface area (Å²) in [5.74, 6) is 0. The minimum Gasteiger partial charge on any atom is -0.348 e. The van der Waals surface area contributed by atoms with Gasteiger partial charge in [-0.15, -0.1) is 11.3 Å². The minimum absolute atomic E-state index is 0.535. The minimum atomic E-state index is 0.535. The van der Waals surface area contributed by atoms with Crippen molar-refractivity contribution in [1.82, 2.24) is 10.3 Å². The molecule has 0 bridgehead atoms. The summed E-state index contributed by atoms with van der Waals surface area (Å²) in [6, 6.07) is 0.668. The van der Waals surface area contributed by atoms with E-state index in [1.807, 2.05) is 18.4 Å². The molecule has 19 heavy (non-hydrogen) atoms. The summed E-state index contributed by atoms with van der Waals surface area (Å²) in [5, 5.41) is 4.41. The number of hydrogen-bond acceptors (Lipinski definition) is 4. The van der Waals surface area contributed by atoms with Crippen LogP contribution >= 0.6 is 11.3 Å². The molecule has 108 valence electrons. The molecule has 1 heterocycles. The lowest BCUT2D eigenvalue weighted by atomic mass is 9.75. The number of hydrogen-bond donors (Lipinski definition) is 1. The Hall–Kier alpha value is -0.610. The molecule has 1 aliphatic rings. The Labute approximate surface area is 121 Å². The van der Waals surface area contributed by atoms with Crippen molar-refractivity contribution in [3.63, 3.8) is 0 Å². The molecule has 1 saturated carbocycles. The second-order valence-corrected chi connectivity index (χ2v) is 7.60. The van der Waals surface area contributed by atoms with E-state index in [9.17, 15) is 0 Å². The van der Waals surface area contributed by atoms with Crippen LogP contribution in [0.25, 0.3) is 0 Å². The van der Waals surface area contributed by atoms with Gasteiger partial charge >= 0.3 is 0 Å². The Bertz CT molecular complexity index is 415. The van der Waals surface area contributed by atoms with Gasteiger partial charge in [0.15, 0.2) is 5.13 Å². The van der Waals surface area contributed by atoms with E-state index in [4.69, 9.17) is 4.98 Å². The van der Waals surface area contributed by atoms with Gasteiger partial charge in [0.25, 0.3) is 0 Å². The largest absolute Gasteiger partial charge is 0.348 e. The molecule has 1 aliphatic carbocycles.